The zero-order chi connectivity index (χ0) is 12.0. The lowest BCUT2D eigenvalue weighted by Gasteiger charge is -2.32. The van der Waals surface area contributed by atoms with Gasteiger partial charge in [-0.15, -0.1) is 0 Å². The molecule has 3 nitrogen and oxygen atoms in total. The molecule has 1 fully saturated rings. The van der Waals surface area contributed by atoms with E-state index in [-0.39, 0.29) is 18.3 Å². The molecule has 2 atom stereocenters. The summed E-state index contributed by atoms with van der Waals surface area (Å²) >= 11 is 0. The number of hydrogen-bond donors (Lipinski definition) is 1. The molecule has 0 aromatic rings. The Morgan fingerprint density at radius 3 is 2.31 bits per heavy atom. The van der Waals surface area contributed by atoms with Crippen LogP contribution in [-0.4, -0.2) is 24.4 Å². The first-order chi connectivity index (χ1) is 7.36. The van der Waals surface area contributed by atoms with Crippen molar-refractivity contribution in [3.05, 3.63) is 11.5 Å². The molecule has 5 heteroatoms. The zero-order valence-corrected chi connectivity index (χ0v) is 11.7. The Morgan fingerprint density at radius 1 is 1.31 bits per heavy atom. The molecule has 2 rings (SSSR count). The quantitative estimate of drug-likeness (QED) is 0.593. The fourth-order valence-electron chi connectivity index (χ4n) is 2.06. The molecule has 0 spiro atoms. The molecular formula is C11H21BNO2P. The predicted octanol–water partition coefficient (Wildman–Crippen LogP) is 2.09. The summed E-state index contributed by atoms with van der Waals surface area (Å²) in [6, 6.07) is 0.513. The van der Waals surface area contributed by atoms with Crippen LogP contribution in [0.3, 0.4) is 0 Å². The third-order valence-electron chi connectivity index (χ3n) is 3.94. The Kier molecular flexibility index (Phi) is 3.22. The molecule has 90 valence electrons. The molecular weight excluding hydrogens is 220 g/mol. The normalized spacial score (nSPS) is 31.9. The van der Waals surface area contributed by atoms with Gasteiger partial charge < -0.3 is 9.31 Å². The minimum absolute atomic E-state index is 0.159. The topological polar surface area (TPSA) is 30.5 Å². The van der Waals surface area contributed by atoms with E-state index in [1.165, 1.54) is 5.47 Å². The molecule has 0 amide bonds. The molecule has 0 bridgehead atoms. The van der Waals surface area contributed by atoms with Crippen molar-refractivity contribution in [1.29, 1.82) is 0 Å². The molecule has 0 aromatic carbocycles. The van der Waals surface area contributed by atoms with Crippen LogP contribution in [0.1, 0.15) is 40.5 Å². The predicted molar refractivity (Wildman–Crippen MR) is 70.0 cm³/mol. The minimum atomic E-state index is -0.231. The summed E-state index contributed by atoms with van der Waals surface area (Å²) in [4.78, 5) is 0. The molecule has 0 aromatic heterocycles. The van der Waals surface area contributed by atoms with Crippen molar-refractivity contribution in [3.8, 4) is 0 Å². The lowest BCUT2D eigenvalue weighted by molar-refractivity contribution is 0.00578. The lowest BCUT2D eigenvalue weighted by atomic mass is 9.77. The second-order valence-electron chi connectivity index (χ2n) is 5.67. The van der Waals surface area contributed by atoms with E-state index in [1.54, 1.807) is 0 Å². The van der Waals surface area contributed by atoms with Crippen LogP contribution in [0.25, 0.3) is 0 Å². The summed E-state index contributed by atoms with van der Waals surface area (Å²) in [5.41, 5.74) is 0.814. The van der Waals surface area contributed by atoms with Gasteiger partial charge in [0.05, 0.1) is 11.2 Å². The molecule has 16 heavy (non-hydrogen) atoms. The molecule has 0 saturated carbocycles. The Labute approximate surface area is 101 Å². The fraction of sp³-hybridized carbons (Fsp3) is 0.818. The molecule has 1 saturated heterocycles. The first-order valence-corrected chi connectivity index (χ1v) is 6.44. The molecule has 2 unspecified atom stereocenters. The Bertz CT molecular complexity index is 301. The van der Waals surface area contributed by atoms with Gasteiger partial charge >= 0.3 is 7.12 Å². The Hall–Kier alpha value is 0.115. The first kappa shape index (κ1) is 12.6. The van der Waals surface area contributed by atoms with Gasteiger partial charge in [-0.2, -0.15) is 0 Å². The van der Waals surface area contributed by atoms with Crippen LogP contribution in [0.2, 0.25) is 0 Å². The van der Waals surface area contributed by atoms with Gasteiger partial charge in [0.15, 0.2) is 0 Å². The van der Waals surface area contributed by atoms with E-state index in [0.29, 0.717) is 6.04 Å². The van der Waals surface area contributed by atoms with E-state index in [9.17, 15) is 0 Å². The van der Waals surface area contributed by atoms with Crippen LogP contribution in [0, 0.1) is 0 Å². The highest BCUT2D eigenvalue weighted by molar-refractivity contribution is 7.13. The van der Waals surface area contributed by atoms with Crippen molar-refractivity contribution < 1.29 is 9.31 Å². The van der Waals surface area contributed by atoms with Crippen molar-refractivity contribution >= 4 is 16.5 Å². The first-order valence-electron chi connectivity index (χ1n) is 5.86. The molecule has 0 radical (unpaired) electrons. The second kappa shape index (κ2) is 4.10. The van der Waals surface area contributed by atoms with Crippen molar-refractivity contribution in [2.75, 3.05) is 0 Å². The highest BCUT2D eigenvalue weighted by atomic mass is 31.0. The lowest BCUT2D eigenvalue weighted by Crippen LogP contribution is -2.41. The maximum Gasteiger partial charge on any atom is 0.490 e. The summed E-state index contributed by atoms with van der Waals surface area (Å²) in [7, 11) is 2.42. The van der Waals surface area contributed by atoms with Gasteiger partial charge in [-0.25, -0.2) is 0 Å². The van der Waals surface area contributed by atoms with Gasteiger partial charge in [-0.3, -0.25) is 5.09 Å². The third-order valence-corrected chi connectivity index (χ3v) is 4.41. The number of rotatable bonds is 2. The van der Waals surface area contributed by atoms with Crippen LogP contribution < -0.4 is 5.09 Å². The summed E-state index contributed by atoms with van der Waals surface area (Å²) in [6.45, 7) is 8.36. The third kappa shape index (κ3) is 2.09. The van der Waals surface area contributed by atoms with Crippen LogP contribution >= 0.6 is 9.39 Å². The zero-order valence-electron chi connectivity index (χ0n) is 10.5. The van der Waals surface area contributed by atoms with Gasteiger partial charge in [0, 0.05) is 6.04 Å². The number of hydrogen-bond acceptors (Lipinski definition) is 3. The van der Waals surface area contributed by atoms with Crippen LogP contribution in [0.4, 0.5) is 0 Å². The Morgan fingerprint density at radius 2 is 1.88 bits per heavy atom. The van der Waals surface area contributed by atoms with Crippen molar-refractivity contribution in [1.82, 2.24) is 5.09 Å². The smallest absolute Gasteiger partial charge is 0.400 e. The SMILES string of the molecule is CC1(C)OB(C2=CCC(NP)C2)OC1(C)C. The van der Waals surface area contributed by atoms with E-state index in [2.05, 4.69) is 48.2 Å². The summed E-state index contributed by atoms with van der Waals surface area (Å²) in [5, 5.41) is 3.21. The molecule has 1 heterocycles. The Balaban J connectivity index is 2.05. The van der Waals surface area contributed by atoms with E-state index in [4.69, 9.17) is 9.31 Å². The van der Waals surface area contributed by atoms with Gasteiger partial charge in [0.25, 0.3) is 0 Å². The number of nitrogens with one attached hydrogen (secondary N) is 1. The largest absolute Gasteiger partial charge is 0.490 e. The van der Waals surface area contributed by atoms with E-state index >= 15 is 0 Å². The highest BCUT2D eigenvalue weighted by Crippen LogP contribution is 2.40. The summed E-state index contributed by atoms with van der Waals surface area (Å²) in [6.07, 6.45) is 4.31. The van der Waals surface area contributed by atoms with Crippen LogP contribution in [-0.2, 0) is 9.31 Å². The van der Waals surface area contributed by atoms with Crippen molar-refractivity contribution in [2.45, 2.75) is 57.8 Å². The van der Waals surface area contributed by atoms with E-state index < -0.39 is 0 Å². The van der Waals surface area contributed by atoms with Gasteiger partial charge in [0.1, 0.15) is 0 Å². The second-order valence-corrected chi connectivity index (χ2v) is 6.00. The summed E-state index contributed by atoms with van der Waals surface area (Å²) < 4.78 is 12.0. The van der Waals surface area contributed by atoms with Gasteiger partial charge in [0.2, 0.25) is 0 Å². The minimum Gasteiger partial charge on any atom is -0.400 e. The molecule has 1 aliphatic heterocycles. The van der Waals surface area contributed by atoms with Crippen molar-refractivity contribution in [3.63, 3.8) is 0 Å². The molecule has 1 aliphatic carbocycles. The standard InChI is InChI=1S/C11H21BNO2P/c1-10(2)11(3,4)15-12(14-10)8-5-6-9(7-8)13-16/h5,9,13H,6-7,16H2,1-4H3. The van der Waals surface area contributed by atoms with E-state index in [0.717, 1.165) is 12.8 Å². The van der Waals surface area contributed by atoms with Crippen LogP contribution in [0.15, 0.2) is 11.5 Å². The monoisotopic (exact) mass is 241 g/mol. The van der Waals surface area contributed by atoms with Crippen molar-refractivity contribution in [2.24, 2.45) is 0 Å². The highest BCUT2D eigenvalue weighted by Gasteiger charge is 2.52. The molecule has 1 N–H and O–H groups in total. The maximum absolute atomic E-state index is 6.02. The molecule has 2 aliphatic rings. The van der Waals surface area contributed by atoms with E-state index in [1.807, 2.05) is 0 Å². The average Bonchev–Trinajstić information content (AvgIpc) is 2.70. The average molecular weight is 241 g/mol. The van der Waals surface area contributed by atoms with Gasteiger partial charge in [-0.1, -0.05) is 15.5 Å². The maximum atomic E-state index is 6.02. The van der Waals surface area contributed by atoms with Crippen LogP contribution in [0.5, 0.6) is 0 Å². The summed E-state index contributed by atoms with van der Waals surface area (Å²) in [5.74, 6) is 0. The van der Waals surface area contributed by atoms with Gasteiger partial charge in [-0.05, 0) is 46.0 Å². The fourth-order valence-corrected chi connectivity index (χ4v) is 2.31.